The molecule has 0 fully saturated rings. The summed E-state index contributed by atoms with van der Waals surface area (Å²) in [6, 6.07) is 3.60. The zero-order valence-electron chi connectivity index (χ0n) is 13.3. The van der Waals surface area contributed by atoms with E-state index >= 15 is 0 Å². The summed E-state index contributed by atoms with van der Waals surface area (Å²) in [6.45, 7) is 2.19. The van der Waals surface area contributed by atoms with Gasteiger partial charge in [0.05, 0.1) is 5.56 Å². The second kappa shape index (κ2) is 6.21. The fraction of sp³-hybridized carbons (Fsp3) is 0.294. The molecule has 2 rings (SSSR count). The molecule has 0 bridgehead atoms. The maximum atomic E-state index is 14.6. The van der Waals surface area contributed by atoms with Gasteiger partial charge in [0, 0.05) is 5.56 Å². The van der Waals surface area contributed by atoms with Crippen molar-refractivity contribution in [3.05, 3.63) is 58.7 Å². The van der Waals surface area contributed by atoms with Crippen LogP contribution in [0.4, 0.5) is 39.5 Å². The van der Waals surface area contributed by atoms with Gasteiger partial charge >= 0.3 is 18.0 Å². The van der Waals surface area contributed by atoms with Crippen molar-refractivity contribution in [1.29, 1.82) is 0 Å². The summed E-state index contributed by atoms with van der Waals surface area (Å²) in [5.41, 5.74) is -10.5. The van der Waals surface area contributed by atoms with E-state index in [4.69, 9.17) is 0 Å². The molecule has 0 aliphatic heterocycles. The van der Waals surface area contributed by atoms with Gasteiger partial charge < -0.3 is 0 Å². The summed E-state index contributed by atoms with van der Waals surface area (Å²) >= 11 is 0. The highest BCUT2D eigenvalue weighted by molar-refractivity contribution is 5.74. The number of aryl methyl sites for hydroxylation is 2. The number of benzene rings is 2. The lowest BCUT2D eigenvalue weighted by molar-refractivity contribution is -0.348. The van der Waals surface area contributed by atoms with Crippen LogP contribution in [0.5, 0.6) is 0 Å². The van der Waals surface area contributed by atoms with Gasteiger partial charge in [0.1, 0.15) is 11.6 Å². The van der Waals surface area contributed by atoms with Gasteiger partial charge in [-0.15, -0.1) is 0 Å². The lowest BCUT2D eigenvalue weighted by Crippen LogP contribution is -2.50. The van der Waals surface area contributed by atoms with Gasteiger partial charge in [-0.3, -0.25) is 0 Å². The molecule has 0 heterocycles. The van der Waals surface area contributed by atoms with Crippen molar-refractivity contribution in [2.75, 3.05) is 0 Å². The highest BCUT2D eigenvalue weighted by atomic mass is 19.4. The van der Waals surface area contributed by atoms with Crippen LogP contribution in [-0.2, 0) is 5.67 Å². The van der Waals surface area contributed by atoms with Crippen LogP contribution in [0.15, 0.2) is 30.3 Å². The molecule has 0 radical (unpaired) electrons. The molecule has 0 saturated heterocycles. The van der Waals surface area contributed by atoms with E-state index < -0.39 is 46.3 Å². The molecule has 2 aromatic rings. The molecule has 0 amide bonds. The second-order valence-corrected chi connectivity index (χ2v) is 5.76. The predicted molar refractivity (Wildman–Crippen MR) is 76.2 cm³/mol. The number of alkyl halides is 7. The van der Waals surface area contributed by atoms with E-state index in [0.29, 0.717) is 18.2 Å². The monoisotopic (exact) mass is 386 g/mol. The van der Waals surface area contributed by atoms with Gasteiger partial charge in [-0.25, -0.2) is 13.2 Å². The normalized spacial score (nSPS) is 13.2. The van der Waals surface area contributed by atoms with E-state index in [2.05, 4.69) is 0 Å². The van der Waals surface area contributed by atoms with Crippen LogP contribution >= 0.6 is 0 Å². The van der Waals surface area contributed by atoms with Crippen LogP contribution in [0.1, 0.15) is 16.7 Å². The smallest absolute Gasteiger partial charge is 0.218 e. The molecular formula is C17H11F9. The van der Waals surface area contributed by atoms with Gasteiger partial charge in [0.2, 0.25) is 0 Å². The van der Waals surface area contributed by atoms with Crippen molar-refractivity contribution in [2.45, 2.75) is 31.9 Å². The Kier molecular flexibility index (Phi) is 4.80. The van der Waals surface area contributed by atoms with E-state index in [9.17, 15) is 39.5 Å². The zero-order chi connectivity index (χ0) is 20.1. The summed E-state index contributed by atoms with van der Waals surface area (Å²) in [6.07, 6.45) is -12.8. The molecule has 0 aliphatic carbocycles. The Morgan fingerprint density at radius 2 is 1.15 bits per heavy atom. The SMILES string of the molecule is Cc1cc(C)c(-c2c(F)cccc2F)c(C(F)(C(F)(F)F)C(F)(F)F)c1. The third kappa shape index (κ3) is 3.03. The molecule has 0 atom stereocenters. The van der Waals surface area contributed by atoms with Crippen LogP contribution in [0, 0.1) is 25.5 Å². The highest BCUT2D eigenvalue weighted by Crippen LogP contribution is 2.56. The van der Waals surface area contributed by atoms with Crippen molar-refractivity contribution in [3.8, 4) is 11.1 Å². The van der Waals surface area contributed by atoms with Gasteiger partial charge in [0.25, 0.3) is 0 Å². The van der Waals surface area contributed by atoms with E-state index in [0.717, 1.165) is 26.0 Å². The van der Waals surface area contributed by atoms with Crippen LogP contribution in [0.2, 0.25) is 0 Å². The van der Waals surface area contributed by atoms with Crippen LogP contribution < -0.4 is 0 Å². The first kappa shape index (κ1) is 20.1. The molecule has 0 spiro atoms. The molecule has 0 aliphatic rings. The minimum Gasteiger partial charge on any atom is -0.218 e. The van der Waals surface area contributed by atoms with Gasteiger partial charge in [-0.1, -0.05) is 23.8 Å². The minimum atomic E-state index is -6.40. The quantitative estimate of drug-likeness (QED) is 0.514. The van der Waals surface area contributed by atoms with Crippen molar-refractivity contribution >= 4 is 0 Å². The third-order valence-corrected chi connectivity index (χ3v) is 3.84. The molecule has 0 nitrogen and oxygen atoms in total. The molecule has 0 unspecified atom stereocenters. The number of halogens is 9. The van der Waals surface area contributed by atoms with Crippen molar-refractivity contribution < 1.29 is 39.5 Å². The molecule has 0 saturated carbocycles. The molecule has 0 N–H and O–H groups in total. The molecule has 0 aromatic heterocycles. The lowest BCUT2D eigenvalue weighted by atomic mass is 9.83. The number of rotatable bonds is 2. The largest absolute Gasteiger partial charge is 0.435 e. The summed E-state index contributed by atoms with van der Waals surface area (Å²) in [5.74, 6) is -2.82. The Labute approximate surface area is 142 Å². The highest BCUT2D eigenvalue weighted by Gasteiger charge is 2.74. The summed E-state index contributed by atoms with van der Waals surface area (Å²) < 4.78 is 122. The molecule has 2 aromatic carbocycles. The Hall–Kier alpha value is -2.19. The van der Waals surface area contributed by atoms with Crippen molar-refractivity contribution in [1.82, 2.24) is 0 Å². The molecule has 26 heavy (non-hydrogen) atoms. The van der Waals surface area contributed by atoms with E-state index in [1.807, 2.05) is 0 Å². The van der Waals surface area contributed by atoms with Crippen LogP contribution in [0.3, 0.4) is 0 Å². The average molecular weight is 386 g/mol. The van der Waals surface area contributed by atoms with Crippen LogP contribution in [-0.4, -0.2) is 12.4 Å². The fourth-order valence-electron chi connectivity index (χ4n) is 2.77. The summed E-state index contributed by atoms with van der Waals surface area (Å²) in [4.78, 5) is 0. The Morgan fingerprint density at radius 3 is 1.58 bits per heavy atom. The topological polar surface area (TPSA) is 0 Å². The zero-order valence-corrected chi connectivity index (χ0v) is 13.3. The first-order valence-corrected chi connectivity index (χ1v) is 7.10. The first-order valence-electron chi connectivity index (χ1n) is 7.10. The Morgan fingerprint density at radius 1 is 0.692 bits per heavy atom. The van der Waals surface area contributed by atoms with E-state index in [1.165, 1.54) is 0 Å². The summed E-state index contributed by atoms with van der Waals surface area (Å²) in [7, 11) is 0. The van der Waals surface area contributed by atoms with Gasteiger partial charge in [-0.05, 0) is 37.1 Å². The lowest BCUT2D eigenvalue weighted by Gasteiger charge is -2.33. The summed E-state index contributed by atoms with van der Waals surface area (Å²) in [5, 5.41) is 0. The minimum absolute atomic E-state index is 0.131. The average Bonchev–Trinajstić information content (AvgIpc) is 2.45. The van der Waals surface area contributed by atoms with Crippen LogP contribution in [0.25, 0.3) is 11.1 Å². The van der Waals surface area contributed by atoms with Gasteiger partial charge in [-0.2, -0.15) is 26.3 Å². The van der Waals surface area contributed by atoms with E-state index in [-0.39, 0.29) is 11.1 Å². The van der Waals surface area contributed by atoms with Crippen molar-refractivity contribution in [3.63, 3.8) is 0 Å². The maximum absolute atomic E-state index is 14.6. The third-order valence-electron chi connectivity index (χ3n) is 3.84. The van der Waals surface area contributed by atoms with E-state index in [1.54, 1.807) is 0 Å². The predicted octanol–water partition coefficient (Wildman–Crippen LogP) is 6.54. The standard InChI is InChI=1S/C17H11F9/c1-8-6-9(2)13(14-11(18)4-3-5-12(14)19)10(7-8)15(20,16(21,22)23)17(24,25)26/h3-7H,1-2H3. The molecule has 142 valence electrons. The number of hydrogen-bond donors (Lipinski definition) is 0. The molecule has 9 heteroatoms. The van der Waals surface area contributed by atoms with Crippen molar-refractivity contribution in [2.24, 2.45) is 0 Å². The maximum Gasteiger partial charge on any atom is 0.435 e. The number of hydrogen-bond acceptors (Lipinski definition) is 0. The second-order valence-electron chi connectivity index (χ2n) is 5.76. The Balaban J connectivity index is 3.03. The molecular weight excluding hydrogens is 375 g/mol. The first-order chi connectivity index (χ1) is 11.7. The van der Waals surface area contributed by atoms with Gasteiger partial charge in [0.15, 0.2) is 0 Å². The fourth-order valence-corrected chi connectivity index (χ4v) is 2.77. The Bertz CT molecular complexity index is 797.